The number of rotatable bonds is 3. The van der Waals surface area contributed by atoms with Crippen molar-refractivity contribution < 1.29 is 4.79 Å². The van der Waals surface area contributed by atoms with Crippen LogP contribution in [0.25, 0.3) is 0 Å². The number of H-pyrrole nitrogens is 1. The first-order valence-electron chi connectivity index (χ1n) is 4.18. The molecule has 0 spiro atoms. The third-order valence-corrected chi connectivity index (χ3v) is 1.62. The van der Waals surface area contributed by atoms with E-state index in [1.807, 2.05) is 0 Å². The van der Waals surface area contributed by atoms with Crippen LogP contribution in [0.3, 0.4) is 0 Å². The standard InChI is InChI=1S/C7H9N7O/c8-6-11-4-14(13-6)3-5(15)12-7-9-1-2-10-7/h1-2,4H,3H2,(H2,8,13)(H2,9,10,12,15). The smallest absolute Gasteiger partial charge is 0.248 e. The summed E-state index contributed by atoms with van der Waals surface area (Å²) in [6.07, 6.45) is 4.54. The number of nitrogens with zero attached hydrogens (tertiary/aromatic N) is 4. The van der Waals surface area contributed by atoms with Gasteiger partial charge in [-0.3, -0.25) is 10.1 Å². The van der Waals surface area contributed by atoms with Crippen molar-refractivity contribution in [3.05, 3.63) is 18.7 Å². The molecule has 0 bridgehead atoms. The van der Waals surface area contributed by atoms with E-state index in [0.29, 0.717) is 5.95 Å². The van der Waals surface area contributed by atoms with E-state index in [4.69, 9.17) is 5.73 Å². The van der Waals surface area contributed by atoms with E-state index in [1.54, 1.807) is 12.4 Å². The third kappa shape index (κ3) is 2.30. The largest absolute Gasteiger partial charge is 0.367 e. The molecule has 0 saturated carbocycles. The van der Waals surface area contributed by atoms with Crippen LogP contribution in [0.2, 0.25) is 0 Å². The Bertz CT molecular complexity index is 446. The van der Waals surface area contributed by atoms with Gasteiger partial charge in [-0.25, -0.2) is 14.6 Å². The Kier molecular flexibility index (Phi) is 2.31. The Balaban J connectivity index is 1.93. The summed E-state index contributed by atoms with van der Waals surface area (Å²) >= 11 is 0. The number of aromatic amines is 1. The summed E-state index contributed by atoms with van der Waals surface area (Å²) in [5.74, 6) is 0.281. The summed E-state index contributed by atoms with van der Waals surface area (Å²) in [5.41, 5.74) is 5.30. The first-order chi connectivity index (χ1) is 7.24. The van der Waals surface area contributed by atoms with Gasteiger partial charge in [-0.2, -0.15) is 0 Å². The van der Waals surface area contributed by atoms with Gasteiger partial charge in [0.25, 0.3) is 0 Å². The van der Waals surface area contributed by atoms with Gasteiger partial charge < -0.3 is 10.7 Å². The molecule has 0 aliphatic rings. The summed E-state index contributed by atoms with van der Waals surface area (Å²) in [5, 5.41) is 6.32. The molecule has 1 amide bonds. The second kappa shape index (κ2) is 3.78. The van der Waals surface area contributed by atoms with Gasteiger partial charge in [0.15, 0.2) is 0 Å². The van der Waals surface area contributed by atoms with Gasteiger partial charge in [0.1, 0.15) is 12.9 Å². The number of nitrogen functional groups attached to an aromatic ring is 1. The number of carbonyl (C=O) groups excluding carboxylic acids is 1. The van der Waals surface area contributed by atoms with Crippen LogP contribution in [0, 0.1) is 0 Å². The number of aromatic nitrogens is 5. The maximum atomic E-state index is 11.4. The lowest BCUT2D eigenvalue weighted by molar-refractivity contribution is -0.116. The number of anilines is 2. The zero-order valence-electron chi connectivity index (χ0n) is 7.71. The molecule has 0 aromatic carbocycles. The highest BCUT2D eigenvalue weighted by Crippen LogP contribution is 1.96. The van der Waals surface area contributed by atoms with Gasteiger partial charge in [-0.15, -0.1) is 5.10 Å². The van der Waals surface area contributed by atoms with Crippen molar-refractivity contribution in [2.45, 2.75) is 6.54 Å². The fourth-order valence-electron chi connectivity index (χ4n) is 1.04. The van der Waals surface area contributed by atoms with Crippen LogP contribution in [0.15, 0.2) is 18.7 Å². The monoisotopic (exact) mass is 207 g/mol. The van der Waals surface area contributed by atoms with Crippen molar-refractivity contribution >= 4 is 17.8 Å². The zero-order chi connectivity index (χ0) is 10.7. The second-order valence-electron chi connectivity index (χ2n) is 2.79. The molecule has 78 valence electrons. The van der Waals surface area contributed by atoms with Gasteiger partial charge in [-0.1, -0.05) is 0 Å². The molecule has 0 atom stereocenters. The highest BCUT2D eigenvalue weighted by atomic mass is 16.2. The molecule has 0 saturated heterocycles. The minimum absolute atomic E-state index is 0.0465. The summed E-state index contributed by atoms with van der Waals surface area (Å²) < 4.78 is 1.34. The van der Waals surface area contributed by atoms with Crippen LogP contribution in [0.1, 0.15) is 0 Å². The third-order valence-electron chi connectivity index (χ3n) is 1.62. The van der Waals surface area contributed by atoms with Gasteiger partial charge >= 0.3 is 0 Å². The molecule has 8 heteroatoms. The summed E-state index contributed by atoms with van der Waals surface area (Å²) in [7, 11) is 0. The number of hydrogen-bond acceptors (Lipinski definition) is 5. The average Bonchev–Trinajstić information content (AvgIpc) is 2.77. The van der Waals surface area contributed by atoms with Crippen LogP contribution >= 0.6 is 0 Å². The van der Waals surface area contributed by atoms with E-state index < -0.39 is 0 Å². The summed E-state index contributed by atoms with van der Waals surface area (Å²) in [4.78, 5) is 21.7. The highest BCUT2D eigenvalue weighted by Gasteiger charge is 2.05. The molecule has 8 nitrogen and oxygen atoms in total. The van der Waals surface area contributed by atoms with Crippen molar-refractivity contribution in [1.29, 1.82) is 0 Å². The second-order valence-corrected chi connectivity index (χ2v) is 2.79. The quantitative estimate of drug-likeness (QED) is 0.610. The minimum atomic E-state index is -0.255. The molecule has 2 aromatic rings. The average molecular weight is 207 g/mol. The predicted octanol–water partition coefficient (Wildman–Crippen LogP) is -0.778. The van der Waals surface area contributed by atoms with E-state index >= 15 is 0 Å². The number of amides is 1. The molecule has 0 radical (unpaired) electrons. The first-order valence-corrected chi connectivity index (χ1v) is 4.18. The fraction of sp³-hybridized carbons (Fsp3) is 0.143. The van der Waals surface area contributed by atoms with Gasteiger partial charge in [-0.05, 0) is 0 Å². The lowest BCUT2D eigenvalue weighted by atomic mass is 10.6. The molecular weight excluding hydrogens is 198 g/mol. The van der Waals surface area contributed by atoms with Crippen LogP contribution in [-0.4, -0.2) is 30.6 Å². The lowest BCUT2D eigenvalue weighted by Gasteiger charge is -2.00. The van der Waals surface area contributed by atoms with E-state index in [-0.39, 0.29) is 18.4 Å². The molecule has 2 heterocycles. The van der Waals surface area contributed by atoms with Gasteiger partial charge in [0, 0.05) is 12.4 Å². The van der Waals surface area contributed by atoms with E-state index in [2.05, 4.69) is 25.4 Å². The fourth-order valence-corrected chi connectivity index (χ4v) is 1.04. The first kappa shape index (κ1) is 9.19. The minimum Gasteiger partial charge on any atom is -0.367 e. The molecule has 2 rings (SSSR count). The molecule has 4 N–H and O–H groups in total. The molecule has 2 aromatic heterocycles. The highest BCUT2D eigenvalue weighted by molar-refractivity contribution is 5.88. The number of hydrogen-bond donors (Lipinski definition) is 3. The molecule has 0 aliphatic heterocycles. The van der Waals surface area contributed by atoms with Crippen LogP contribution in [-0.2, 0) is 11.3 Å². The van der Waals surface area contributed by atoms with Crippen LogP contribution in [0.5, 0.6) is 0 Å². The summed E-state index contributed by atoms with van der Waals surface area (Å²) in [6.45, 7) is 0.0465. The van der Waals surface area contributed by atoms with E-state index in [0.717, 1.165) is 0 Å². The summed E-state index contributed by atoms with van der Waals surface area (Å²) in [6, 6.07) is 0. The Labute approximate surface area is 84.5 Å². The van der Waals surface area contributed by atoms with Gasteiger partial charge in [0.2, 0.25) is 17.8 Å². The van der Waals surface area contributed by atoms with Gasteiger partial charge in [0.05, 0.1) is 0 Å². The Morgan fingerprint density at radius 3 is 3.07 bits per heavy atom. The Morgan fingerprint density at radius 2 is 2.47 bits per heavy atom. The van der Waals surface area contributed by atoms with Crippen molar-refractivity contribution in [2.24, 2.45) is 0 Å². The van der Waals surface area contributed by atoms with Crippen molar-refractivity contribution in [3.63, 3.8) is 0 Å². The Hall–Kier alpha value is -2.38. The van der Waals surface area contributed by atoms with Crippen LogP contribution in [0.4, 0.5) is 11.9 Å². The van der Waals surface area contributed by atoms with Crippen molar-refractivity contribution in [1.82, 2.24) is 24.7 Å². The normalized spacial score (nSPS) is 10.1. The molecule has 0 fully saturated rings. The van der Waals surface area contributed by atoms with Crippen molar-refractivity contribution in [3.8, 4) is 0 Å². The molecule has 15 heavy (non-hydrogen) atoms. The lowest BCUT2D eigenvalue weighted by Crippen LogP contribution is -2.19. The number of nitrogens with two attached hydrogens (primary N) is 1. The van der Waals surface area contributed by atoms with Crippen LogP contribution < -0.4 is 11.1 Å². The molecular formula is C7H9N7O. The van der Waals surface area contributed by atoms with E-state index in [9.17, 15) is 4.79 Å². The zero-order valence-corrected chi connectivity index (χ0v) is 7.71. The topological polar surface area (TPSA) is 115 Å². The predicted molar refractivity (Wildman–Crippen MR) is 51.7 cm³/mol. The maximum absolute atomic E-state index is 11.4. The van der Waals surface area contributed by atoms with E-state index in [1.165, 1.54) is 11.0 Å². The number of nitrogens with one attached hydrogen (secondary N) is 2. The number of carbonyl (C=O) groups is 1. The SMILES string of the molecule is Nc1ncn(CC(=O)Nc2ncc[nH]2)n1. The number of imidazole rings is 1. The van der Waals surface area contributed by atoms with Crippen molar-refractivity contribution in [2.75, 3.05) is 11.1 Å². The Morgan fingerprint density at radius 1 is 1.60 bits per heavy atom. The molecule has 0 unspecified atom stereocenters. The maximum Gasteiger partial charge on any atom is 0.248 e. The molecule has 0 aliphatic carbocycles.